The molecule has 1 unspecified atom stereocenters. The third-order valence-corrected chi connectivity index (χ3v) is 7.90. The maximum Gasteiger partial charge on any atom is 0.338 e. The summed E-state index contributed by atoms with van der Waals surface area (Å²) in [5, 5.41) is 1.80. The molecule has 0 radical (unpaired) electrons. The molecule has 7 nitrogen and oxygen atoms in total. The van der Waals surface area contributed by atoms with Gasteiger partial charge in [0.1, 0.15) is 11.5 Å². The van der Waals surface area contributed by atoms with E-state index in [-0.39, 0.29) is 23.4 Å². The fourth-order valence-corrected chi connectivity index (χ4v) is 5.58. The van der Waals surface area contributed by atoms with Crippen LogP contribution in [0.15, 0.2) is 78.9 Å². The molecule has 43 heavy (non-hydrogen) atoms. The van der Waals surface area contributed by atoms with Crippen molar-refractivity contribution in [1.29, 1.82) is 0 Å². The van der Waals surface area contributed by atoms with E-state index in [1.54, 1.807) is 54.6 Å². The molecule has 7 heteroatoms. The van der Waals surface area contributed by atoms with Gasteiger partial charge in [-0.3, -0.25) is 9.59 Å². The molecule has 1 aliphatic carbocycles. The van der Waals surface area contributed by atoms with Crippen molar-refractivity contribution >= 4 is 28.3 Å². The number of carbonyl (C=O) groups excluding carboxylic acids is 3. The van der Waals surface area contributed by atoms with Crippen LogP contribution in [0, 0.1) is 0 Å². The highest BCUT2D eigenvalue weighted by atomic mass is 16.7. The summed E-state index contributed by atoms with van der Waals surface area (Å²) in [4.78, 5) is 39.5. The van der Waals surface area contributed by atoms with Gasteiger partial charge < -0.3 is 18.9 Å². The summed E-state index contributed by atoms with van der Waals surface area (Å²) >= 11 is 0. The summed E-state index contributed by atoms with van der Waals surface area (Å²) in [5.74, 6) is -0.124. The molecule has 0 bridgehead atoms. The first-order chi connectivity index (χ1) is 21.1. The summed E-state index contributed by atoms with van der Waals surface area (Å²) in [6.45, 7) is 1.84. The largest absolute Gasteiger partial charge is 0.462 e. The first-order valence-corrected chi connectivity index (χ1v) is 15.0. The number of fused-ring (bicyclic) bond motifs is 3. The zero-order valence-corrected chi connectivity index (χ0v) is 24.0. The van der Waals surface area contributed by atoms with Gasteiger partial charge in [-0.2, -0.15) is 0 Å². The summed E-state index contributed by atoms with van der Waals surface area (Å²) in [7, 11) is 0. The second-order valence-electron chi connectivity index (χ2n) is 10.9. The number of hydrogen-bond acceptors (Lipinski definition) is 7. The second-order valence-corrected chi connectivity index (χ2v) is 10.9. The Kier molecular flexibility index (Phi) is 8.91. The summed E-state index contributed by atoms with van der Waals surface area (Å²) in [6.07, 6.45) is 6.93. The van der Waals surface area contributed by atoms with Crippen LogP contribution in [0.25, 0.3) is 10.8 Å². The van der Waals surface area contributed by atoms with Gasteiger partial charge >= 0.3 is 5.97 Å². The number of hydrogen-bond donors (Lipinski definition) is 0. The molecule has 1 fully saturated rings. The molecule has 2 aliphatic rings. The average Bonchev–Trinajstić information content (AvgIpc) is 3.05. The van der Waals surface area contributed by atoms with Crippen LogP contribution in [0.4, 0.5) is 0 Å². The maximum absolute atomic E-state index is 13.6. The molecule has 0 aromatic heterocycles. The Morgan fingerprint density at radius 2 is 1.47 bits per heavy atom. The smallest absolute Gasteiger partial charge is 0.338 e. The molecule has 6 rings (SSSR count). The summed E-state index contributed by atoms with van der Waals surface area (Å²) in [5.41, 5.74) is 1.74. The highest BCUT2D eigenvalue weighted by Crippen LogP contribution is 2.37. The molecule has 0 amide bonds. The van der Waals surface area contributed by atoms with Gasteiger partial charge in [0.25, 0.3) is 0 Å². The van der Waals surface area contributed by atoms with E-state index in [9.17, 15) is 14.4 Å². The molecule has 1 aliphatic heterocycles. The van der Waals surface area contributed by atoms with Crippen LogP contribution in [0.2, 0.25) is 0 Å². The Morgan fingerprint density at radius 1 is 0.744 bits per heavy atom. The fraction of sp³-hybridized carbons (Fsp3) is 0.306. The van der Waals surface area contributed by atoms with Gasteiger partial charge in [-0.15, -0.1) is 0 Å². The van der Waals surface area contributed by atoms with E-state index in [4.69, 9.17) is 18.9 Å². The topological polar surface area (TPSA) is 88.1 Å². The lowest BCUT2D eigenvalue weighted by Crippen LogP contribution is -2.22. The van der Waals surface area contributed by atoms with Crippen LogP contribution in [0.3, 0.4) is 0 Å². The number of rotatable bonds is 11. The molecule has 1 saturated heterocycles. The second kappa shape index (κ2) is 13.3. The fourth-order valence-electron chi connectivity index (χ4n) is 5.58. The van der Waals surface area contributed by atoms with E-state index in [0.717, 1.165) is 62.3 Å². The summed E-state index contributed by atoms with van der Waals surface area (Å²) < 4.78 is 22.8. The van der Waals surface area contributed by atoms with Crippen molar-refractivity contribution in [2.75, 3.05) is 19.8 Å². The number of unbranched alkanes of at least 4 members (excludes halogenated alkanes) is 3. The first kappa shape index (κ1) is 28.8. The molecule has 1 heterocycles. The lowest BCUT2D eigenvalue weighted by atomic mass is 9.82. The number of esters is 1. The lowest BCUT2D eigenvalue weighted by Gasteiger charge is -2.22. The van der Waals surface area contributed by atoms with Crippen molar-refractivity contribution in [3.63, 3.8) is 0 Å². The molecule has 220 valence electrons. The quantitative estimate of drug-likeness (QED) is 0.117. The van der Waals surface area contributed by atoms with E-state index in [0.29, 0.717) is 47.0 Å². The van der Waals surface area contributed by atoms with Gasteiger partial charge in [0.05, 0.1) is 17.7 Å². The van der Waals surface area contributed by atoms with Gasteiger partial charge in [0.15, 0.2) is 17.9 Å². The van der Waals surface area contributed by atoms with E-state index in [2.05, 4.69) is 0 Å². The van der Waals surface area contributed by atoms with Gasteiger partial charge in [-0.1, -0.05) is 42.8 Å². The van der Waals surface area contributed by atoms with Gasteiger partial charge in [0, 0.05) is 29.9 Å². The predicted molar refractivity (Wildman–Crippen MR) is 162 cm³/mol. The van der Waals surface area contributed by atoms with Crippen molar-refractivity contribution in [3.05, 3.63) is 107 Å². The van der Waals surface area contributed by atoms with Crippen molar-refractivity contribution in [2.24, 2.45) is 0 Å². The molecule has 1 atom stereocenters. The molecule has 0 spiro atoms. The van der Waals surface area contributed by atoms with Crippen LogP contribution in [0.5, 0.6) is 11.5 Å². The number of benzene rings is 4. The molecule has 4 aromatic rings. The number of carbonyl (C=O) groups is 3. The highest BCUT2D eigenvalue weighted by molar-refractivity contribution is 6.30. The highest BCUT2D eigenvalue weighted by Gasteiger charge is 2.33. The van der Waals surface area contributed by atoms with Crippen molar-refractivity contribution in [3.8, 4) is 11.5 Å². The van der Waals surface area contributed by atoms with E-state index < -0.39 is 5.97 Å². The number of ether oxygens (including phenoxy) is 4. The third-order valence-electron chi connectivity index (χ3n) is 7.90. The van der Waals surface area contributed by atoms with E-state index in [1.165, 1.54) is 0 Å². The van der Waals surface area contributed by atoms with Crippen LogP contribution in [-0.4, -0.2) is 43.6 Å². The molecule has 4 aromatic carbocycles. The minimum absolute atomic E-state index is 0.0465. The van der Waals surface area contributed by atoms with Crippen LogP contribution in [0.1, 0.15) is 87.1 Å². The Morgan fingerprint density at radius 3 is 2.19 bits per heavy atom. The van der Waals surface area contributed by atoms with Crippen molar-refractivity contribution in [2.45, 2.75) is 51.2 Å². The predicted octanol–water partition coefficient (Wildman–Crippen LogP) is 7.67. The monoisotopic (exact) mass is 578 g/mol. The van der Waals surface area contributed by atoms with Gasteiger partial charge in [0.2, 0.25) is 0 Å². The Labute approximate surface area is 250 Å². The molecular formula is C36H34O7. The molecular weight excluding hydrogens is 544 g/mol. The zero-order valence-electron chi connectivity index (χ0n) is 24.0. The first-order valence-electron chi connectivity index (χ1n) is 15.0. The third kappa shape index (κ3) is 6.53. The normalized spacial score (nSPS) is 16.0. The molecule has 0 N–H and O–H groups in total. The summed E-state index contributed by atoms with van der Waals surface area (Å²) in [6, 6.07) is 22.8. The average molecular weight is 579 g/mol. The van der Waals surface area contributed by atoms with Crippen LogP contribution in [-0.2, 0) is 14.2 Å². The minimum atomic E-state index is -0.397. The van der Waals surface area contributed by atoms with Crippen molar-refractivity contribution in [1.82, 2.24) is 0 Å². The Hall–Kier alpha value is -4.33. The molecule has 0 saturated carbocycles. The standard InChI is InChI=1S/C36H34O7/c37-34-28-12-9-13-31(33(28)35(38)30-23-26-11-4-3-10-25(26)22-29(30)34)43-27-17-15-24(16-18-27)36(39)42-21-7-2-1-6-19-40-32-14-5-8-20-41-32/h3-4,9-13,15-18,22-23,32H,1-2,5-8,14,19-21H2. The van der Waals surface area contributed by atoms with Crippen LogP contribution < -0.4 is 4.74 Å². The maximum atomic E-state index is 13.6. The van der Waals surface area contributed by atoms with Gasteiger partial charge in [-0.25, -0.2) is 4.79 Å². The van der Waals surface area contributed by atoms with Crippen LogP contribution >= 0.6 is 0 Å². The van der Waals surface area contributed by atoms with E-state index >= 15 is 0 Å². The Bertz CT molecular complexity index is 1630. The van der Waals surface area contributed by atoms with Gasteiger partial charge in [-0.05, 0) is 91.8 Å². The lowest BCUT2D eigenvalue weighted by molar-refractivity contribution is -0.162. The SMILES string of the molecule is O=C(OCCCCCCOC1CCCCO1)c1ccc(Oc2cccc3c2C(=O)c2cc4ccccc4cc2C3=O)cc1. The van der Waals surface area contributed by atoms with E-state index in [1.807, 2.05) is 24.3 Å². The number of ketones is 2. The zero-order chi connectivity index (χ0) is 29.6. The van der Waals surface area contributed by atoms with Crippen molar-refractivity contribution < 1.29 is 33.3 Å². The Balaban J connectivity index is 1.02. The minimum Gasteiger partial charge on any atom is -0.462 e.